The first-order chi connectivity index (χ1) is 8.89. The molecule has 1 aromatic carbocycles. The second kappa shape index (κ2) is 3.35. The van der Waals surface area contributed by atoms with Crippen molar-refractivity contribution in [2.24, 2.45) is 17.3 Å². The fourth-order valence-electron chi connectivity index (χ4n) is 3.01. The number of fused-ring (bicyclic) bond motifs is 1. The number of nitrogens with two attached hydrogens (primary N) is 1. The number of hydrogen-bond acceptors (Lipinski definition) is 4. The van der Waals surface area contributed by atoms with Crippen LogP contribution in [0.25, 0.3) is 0 Å². The van der Waals surface area contributed by atoms with E-state index in [4.69, 9.17) is 11.0 Å². The Balaban J connectivity index is 2.00. The van der Waals surface area contributed by atoms with Crippen molar-refractivity contribution in [1.82, 2.24) is 0 Å². The van der Waals surface area contributed by atoms with Gasteiger partial charge in [-0.15, -0.1) is 0 Å². The van der Waals surface area contributed by atoms with Gasteiger partial charge in [-0.05, 0) is 23.6 Å². The lowest BCUT2D eigenvalue weighted by molar-refractivity contribution is -0.125. The molecule has 2 unspecified atom stereocenters. The summed E-state index contributed by atoms with van der Waals surface area (Å²) in [6.07, 6.45) is 0. The van der Waals surface area contributed by atoms with Crippen molar-refractivity contribution < 1.29 is 9.59 Å². The smallest absolute Gasteiger partial charge is 0.238 e. The van der Waals surface area contributed by atoms with E-state index < -0.39 is 0 Å². The number of imide groups is 1. The largest absolute Gasteiger partial charge is 0.397 e. The van der Waals surface area contributed by atoms with Crippen LogP contribution < -0.4 is 10.6 Å². The molecule has 1 heterocycles. The minimum atomic E-state index is -0.230. The lowest BCUT2D eigenvalue weighted by atomic mass is 10.0. The lowest BCUT2D eigenvalue weighted by Gasteiger charge is -2.21. The van der Waals surface area contributed by atoms with Gasteiger partial charge in [-0.3, -0.25) is 9.59 Å². The number of benzene rings is 1. The molecule has 0 spiro atoms. The monoisotopic (exact) mass is 255 g/mol. The SMILES string of the molecule is CC1(C)C2C(=O)N(c3ccc(C#N)cc3N)C(=O)C21. The summed E-state index contributed by atoms with van der Waals surface area (Å²) in [5.74, 6) is -0.821. The maximum Gasteiger partial charge on any atom is 0.238 e. The topological polar surface area (TPSA) is 87.2 Å². The first-order valence-electron chi connectivity index (χ1n) is 6.07. The van der Waals surface area contributed by atoms with Crippen LogP contribution in [0.15, 0.2) is 18.2 Å². The van der Waals surface area contributed by atoms with Crippen LogP contribution >= 0.6 is 0 Å². The van der Waals surface area contributed by atoms with Crippen LogP contribution in [0.3, 0.4) is 0 Å². The normalized spacial score (nSPS) is 27.1. The first kappa shape index (κ1) is 11.7. The molecule has 0 aromatic heterocycles. The molecule has 5 heteroatoms. The van der Waals surface area contributed by atoms with Crippen molar-refractivity contribution in [3.63, 3.8) is 0 Å². The zero-order chi connectivity index (χ0) is 13.9. The second-order valence-electron chi connectivity index (χ2n) is 5.67. The maximum atomic E-state index is 12.3. The number of hydrogen-bond donors (Lipinski definition) is 1. The van der Waals surface area contributed by atoms with Gasteiger partial charge in [0.15, 0.2) is 0 Å². The molecule has 2 amide bonds. The van der Waals surface area contributed by atoms with E-state index in [0.717, 1.165) is 4.90 Å². The van der Waals surface area contributed by atoms with Crippen molar-refractivity contribution in [3.05, 3.63) is 23.8 Å². The third kappa shape index (κ3) is 1.34. The van der Waals surface area contributed by atoms with Crippen molar-refractivity contribution in [1.29, 1.82) is 5.26 Å². The number of piperidine rings is 1. The summed E-state index contributed by atoms with van der Waals surface area (Å²) < 4.78 is 0. The van der Waals surface area contributed by atoms with Crippen LogP contribution in [0.2, 0.25) is 0 Å². The fraction of sp³-hybridized carbons (Fsp3) is 0.357. The predicted octanol–water partition coefficient (Wildman–Crippen LogP) is 1.29. The highest BCUT2D eigenvalue weighted by Gasteiger charge is 2.72. The zero-order valence-corrected chi connectivity index (χ0v) is 10.7. The third-order valence-electron chi connectivity index (χ3n) is 4.20. The lowest BCUT2D eigenvalue weighted by Crippen LogP contribution is -2.36. The molecule has 3 rings (SSSR count). The molecular weight excluding hydrogens is 242 g/mol. The van der Waals surface area contributed by atoms with Crippen LogP contribution in [0.4, 0.5) is 11.4 Å². The van der Waals surface area contributed by atoms with Crippen molar-refractivity contribution in [2.45, 2.75) is 13.8 Å². The van der Waals surface area contributed by atoms with Gasteiger partial charge >= 0.3 is 0 Å². The molecule has 0 bridgehead atoms. The van der Waals surface area contributed by atoms with Crippen molar-refractivity contribution >= 4 is 23.2 Å². The minimum absolute atomic E-state index is 0.184. The van der Waals surface area contributed by atoms with Crippen molar-refractivity contribution in [3.8, 4) is 6.07 Å². The highest BCUT2D eigenvalue weighted by molar-refractivity contribution is 6.26. The van der Waals surface area contributed by atoms with Gasteiger partial charge in [0.1, 0.15) is 0 Å². The second-order valence-corrected chi connectivity index (χ2v) is 5.67. The standard InChI is InChI=1S/C14H13N3O2/c1-14(2)10-11(14)13(19)17(12(10)18)9-4-3-7(6-15)5-8(9)16/h3-5,10-11H,16H2,1-2H3. The molecule has 2 N–H and O–H groups in total. The van der Waals surface area contributed by atoms with E-state index in [1.165, 1.54) is 6.07 Å². The minimum Gasteiger partial charge on any atom is -0.397 e. The quantitative estimate of drug-likeness (QED) is 0.605. The number of anilines is 2. The first-order valence-corrected chi connectivity index (χ1v) is 6.07. The van der Waals surface area contributed by atoms with E-state index in [1.807, 2.05) is 19.9 Å². The molecule has 1 aliphatic carbocycles. The Morgan fingerprint density at radius 3 is 2.32 bits per heavy atom. The van der Waals surface area contributed by atoms with E-state index in [-0.39, 0.29) is 34.8 Å². The third-order valence-corrected chi connectivity index (χ3v) is 4.20. The van der Waals surface area contributed by atoms with E-state index in [0.29, 0.717) is 11.3 Å². The van der Waals surface area contributed by atoms with Gasteiger partial charge < -0.3 is 5.73 Å². The molecule has 96 valence electrons. The zero-order valence-electron chi connectivity index (χ0n) is 10.7. The summed E-state index contributed by atoms with van der Waals surface area (Å²) in [5.41, 5.74) is 6.67. The average Bonchev–Trinajstić information content (AvgIpc) is 2.81. The summed E-state index contributed by atoms with van der Waals surface area (Å²) in [4.78, 5) is 25.7. The molecule has 19 heavy (non-hydrogen) atoms. The van der Waals surface area contributed by atoms with Gasteiger partial charge in [-0.25, -0.2) is 4.90 Å². The van der Waals surface area contributed by atoms with Gasteiger partial charge in [0.2, 0.25) is 11.8 Å². The molecule has 2 fully saturated rings. The number of rotatable bonds is 1. The Hall–Kier alpha value is -2.35. The summed E-state index contributed by atoms with van der Waals surface area (Å²) in [6.45, 7) is 3.86. The van der Waals surface area contributed by atoms with Crippen LogP contribution in [-0.2, 0) is 9.59 Å². The number of nitriles is 1. The molecule has 2 aliphatic rings. The number of carbonyl (C=O) groups excluding carboxylic acids is 2. The molecule has 1 aromatic rings. The van der Waals surface area contributed by atoms with Gasteiger partial charge in [-0.1, -0.05) is 13.8 Å². The summed E-state index contributed by atoms with van der Waals surface area (Å²) in [5, 5.41) is 8.79. The van der Waals surface area contributed by atoms with Crippen LogP contribution in [0.1, 0.15) is 19.4 Å². The Morgan fingerprint density at radius 1 is 1.26 bits per heavy atom. The van der Waals surface area contributed by atoms with Gasteiger partial charge in [0.25, 0.3) is 0 Å². The van der Waals surface area contributed by atoms with Crippen LogP contribution in [0, 0.1) is 28.6 Å². The molecule has 1 saturated carbocycles. The molecule has 5 nitrogen and oxygen atoms in total. The Bertz CT molecular complexity index is 633. The summed E-state index contributed by atoms with van der Waals surface area (Å²) in [6, 6.07) is 6.56. The number of nitrogens with zero attached hydrogens (tertiary/aromatic N) is 2. The predicted molar refractivity (Wildman–Crippen MR) is 68.8 cm³/mol. The van der Waals surface area contributed by atoms with Gasteiger partial charge in [0.05, 0.1) is 34.8 Å². The number of amides is 2. The molecule has 1 saturated heterocycles. The van der Waals surface area contributed by atoms with Crippen LogP contribution in [-0.4, -0.2) is 11.8 Å². The van der Waals surface area contributed by atoms with E-state index in [2.05, 4.69) is 0 Å². The highest BCUT2D eigenvalue weighted by atomic mass is 16.2. The molecular formula is C14H13N3O2. The molecule has 2 atom stereocenters. The summed E-state index contributed by atoms with van der Waals surface area (Å²) in [7, 11) is 0. The Kier molecular flexibility index (Phi) is 2.07. The fourth-order valence-corrected chi connectivity index (χ4v) is 3.01. The molecule has 0 radical (unpaired) electrons. The van der Waals surface area contributed by atoms with Gasteiger partial charge in [-0.2, -0.15) is 5.26 Å². The van der Waals surface area contributed by atoms with Crippen molar-refractivity contribution in [2.75, 3.05) is 10.6 Å². The summed E-state index contributed by atoms with van der Waals surface area (Å²) >= 11 is 0. The maximum absolute atomic E-state index is 12.3. The number of carbonyl (C=O) groups is 2. The Morgan fingerprint density at radius 2 is 1.84 bits per heavy atom. The Labute approximate surface area is 110 Å². The van der Waals surface area contributed by atoms with E-state index in [9.17, 15) is 9.59 Å². The number of nitrogen functional groups attached to an aromatic ring is 1. The highest BCUT2D eigenvalue weighted by Crippen LogP contribution is 2.63. The van der Waals surface area contributed by atoms with Crippen LogP contribution in [0.5, 0.6) is 0 Å². The average molecular weight is 255 g/mol. The van der Waals surface area contributed by atoms with E-state index >= 15 is 0 Å². The van der Waals surface area contributed by atoms with Gasteiger partial charge in [0, 0.05) is 0 Å². The molecule has 1 aliphatic heterocycles. The van der Waals surface area contributed by atoms with E-state index in [1.54, 1.807) is 12.1 Å².